The predicted molar refractivity (Wildman–Crippen MR) is 152 cm³/mol. The second-order valence-corrected chi connectivity index (χ2v) is 11.0. The van der Waals surface area contributed by atoms with Gasteiger partial charge in [-0.05, 0) is 66.6 Å². The summed E-state index contributed by atoms with van der Waals surface area (Å²) in [5.74, 6) is 0.933. The lowest BCUT2D eigenvalue weighted by Crippen LogP contribution is -2.37. The van der Waals surface area contributed by atoms with E-state index in [1.807, 2.05) is 28.8 Å². The lowest BCUT2D eigenvalue weighted by Gasteiger charge is -2.15. The number of benzene rings is 1. The Bertz CT molecular complexity index is 1390. The zero-order chi connectivity index (χ0) is 27.9. The highest BCUT2D eigenvalue weighted by atomic mass is 32.2. The maximum absolute atomic E-state index is 12.7. The van der Waals surface area contributed by atoms with Crippen LogP contribution < -0.4 is 10.1 Å². The van der Waals surface area contributed by atoms with Gasteiger partial charge in [0.2, 0.25) is 5.91 Å². The fourth-order valence-corrected chi connectivity index (χ4v) is 5.94. The van der Waals surface area contributed by atoms with Crippen molar-refractivity contribution in [3.63, 3.8) is 0 Å². The first-order valence-corrected chi connectivity index (χ1v) is 14.6. The van der Waals surface area contributed by atoms with Crippen molar-refractivity contribution in [3.8, 4) is 17.1 Å². The highest BCUT2D eigenvalue weighted by molar-refractivity contribution is 8.18. The molecule has 2 saturated heterocycles. The minimum Gasteiger partial charge on any atom is -0.497 e. The van der Waals surface area contributed by atoms with E-state index in [1.54, 1.807) is 37.7 Å². The molecule has 0 radical (unpaired) electrons. The van der Waals surface area contributed by atoms with E-state index in [1.165, 1.54) is 11.8 Å². The van der Waals surface area contributed by atoms with Crippen molar-refractivity contribution in [1.82, 2.24) is 30.0 Å². The number of aromatic nitrogens is 4. The number of methoxy groups -OCH3 is 1. The molecule has 40 heavy (non-hydrogen) atoms. The Morgan fingerprint density at radius 1 is 1.25 bits per heavy atom. The van der Waals surface area contributed by atoms with Gasteiger partial charge in [-0.2, -0.15) is 0 Å². The summed E-state index contributed by atoms with van der Waals surface area (Å²) in [6, 6.07) is 11.1. The van der Waals surface area contributed by atoms with E-state index in [0.29, 0.717) is 22.4 Å². The molecule has 11 nitrogen and oxygen atoms in total. The van der Waals surface area contributed by atoms with Crippen molar-refractivity contribution in [2.24, 2.45) is 0 Å². The molecule has 0 aliphatic carbocycles. The third kappa shape index (κ3) is 6.72. The van der Waals surface area contributed by atoms with E-state index in [2.05, 4.69) is 20.5 Å². The number of nitrogens with zero attached hydrogens (tertiary/aromatic N) is 5. The molecule has 2 fully saturated rings. The smallest absolute Gasteiger partial charge is 0.293 e. The molecule has 0 saturated carbocycles. The molecule has 13 heteroatoms. The van der Waals surface area contributed by atoms with Gasteiger partial charge < -0.3 is 14.8 Å². The van der Waals surface area contributed by atoms with E-state index < -0.39 is 0 Å². The van der Waals surface area contributed by atoms with E-state index in [-0.39, 0.29) is 42.0 Å². The van der Waals surface area contributed by atoms with Gasteiger partial charge in [0, 0.05) is 37.7 Å². The van der Waals surface area contributed by atoms with Crippen LogP contribution in [0.1, 0.15) is 18.4 Å². The van der Waals surface area contributed by atoms with Crippen LogP contribution in [0.5, 0.6) is 5.75 Å². The Labute approximate surface area is 239 Å². The minimum atomic E-state index is -0.379. The van der Waals surface area contributed by atoms with Crippen LogP contribution in [-0.2, 0) is 20.9 Å². The van der Waals surface area contributed by atoms with E-state index in [4.69, 9.17) is 9.47 Å². The molecule has 2 aliphatic heterocycles. The molecule has 0 bridgehead atoms. The number of thioether (sulfide) groups is 2. The number of rotatable bonds is 11. The first kappa shape index (κ1) is 27.9. The molecule has 0 spiro atoms. The van der Waals surface area contributed by atoms with Gasteiger partial charge in [-0.1, -0.05) is 17.8 Å². The molecule has 3 aromatic rings. The summed E-state index contributed by atoms with van der Waals surface area (Å²) in [5, 5.41) is 11.8. The third-order valence-corrected chi connectivity index (χ3v) is 8.20. The van der Waals surface area contributed by atoms with Gasteiger partial charge in [-0.3, -0.25) is 28.8 Å². The summed E-state index contributed by atoms with van der Waals surface area (Å²) < 4.78 is 13.1. The zero-order valence-electron chi connectivity index (χ0n) is 21.8. The second-order valence-electron chi connectivity index (χ2n) is 9.04. The maximum atomic E-state index is 12.7. The SMILES string of the molecule is COc1ccc(-c2nnc(SCC(=O)NCCN3C(=O)S/C(=C/c4cccnc4)C3=O)n2C[C@@H]2CCCO2)cc1. The summed E-state index contributed by atoms with van der Waals surface area (Å²) in [6.07, 6.45) is 6.92. The molecule has 3 amide bonds. The van der Waals surface area contributed by atoms with Crippen LogP contribution in [0.15, 0.2) is 58.9 Å². The van der Waals surface area contributed by atoms with Crippen molar-refractivity contribution in [2.75, 3.05) is 32.6 Å². The Kier molecular flexibility index (Phi) is 9.14. The van der Waals surface area contributed by atoms with Crippen LogP contribution in [0.4, 0.5) is 4.79 Å². The number of amides is 3. The number of imide groups is 1. The summed E-state index contributed by atoms with van der Waals surface area (Å²) in [4.78, 5) is 43.2. The number of ether oxygens (including phenoxy) is 2. The molecule has 5 rings (SSSR count). The Morgan fingerprint density at radius 2 is 2.10 bits per heavy atom. The van der Waals surface area contributed by atoms with E-state index in [9.17, 15) is 14.4 Å². The van der Waals surface area contributed by atoms with Gasteiger partial charge >= 0.3 is 0 Å². The quantitative estimate of drug-likeness (QED) is 0.266. The monoisotopic (exact) mass is 580 g/mol. The van der Waals surface area contributed by atoms with Crippen LogP contribution in [0.2, 0.25) is 0 Å². The fourth-order valence-electron chi connectivity index (χ4n) is 4.30. The Morgan fingerprint density at radius 3 is 2.83 bits per heavy atom. The number of carbonyl (C=O) groups excluding carboxylic acids is 3. The number of carbonyl (C=O) groups is 3. The lowest BCUT2D eigenvalue weighted by atomic mass is 10.2. The largest absolute Gasteiger partial charge is 0.497 e. The second kappa shape index (κ2) is 13.1. The fraction of sp³-hybridized carbons (Fsp3) is 0.333. The van der Waals surface area contributed by atoms with E-state index in [0.717, 1.165) is 53.0 Å². The normalized spacial score (nSPS) is 18.1. The van der Waals surface area contributed by atoms with Crippen molar-refractivity contribution < 1.29 is 23.9 Å². The van der Waals surface area contributed by atoms with Gasteiger partial charge in [0.15, 0.2) is 11.0 Å². The summed E-state index contributed by atoms with van der Waals surface area (Å²) >= 11 is 2.16. The van der Waals surface area contributed by atoms with Crippen molar-refractivity contribution in [1.29, 1.82) is 0 Å². The average molecular weight is 581 g/mol. The number of hydrogen-bond donors (Lipinski definition) is 1. The van der Waals surface area contributed by atoms with Crippen LogP contribution >= 0.6 is 23.5 Å². The van der Waals surface area contributed by atoms with Crippen LogP contribution in [-0.4, -0.2) is 80.4 Å². The number of hydrogen-bond acceptors (Lipinski definition) is 10. The predicted octanol–water partition coefficient (Wildman–Crippen LogP) is 3.47. The highest BCUT2D eigenvalue weighted by Crippen LogP contribution is 2.32. The highest BCUT2D eigenvalue weighted by Gasteiger charge is 2.34. The molecule has 4 heterocycles. The number of pyridine rings is 1. The first-order chi connectivity index (χ1) is 19.5. The van der Waals surface area contributed by atoms with E-state index >= 15 is 0 Å². The van der Waals surface area contributed by atoms with Crippen LogP contribution in [0.25, 0.3) is 17.5 Å². The topological polar surface area (TPSA) is 129 Å². The van der Waals surface area contributed by atoms with Gasteiger partial charge in [-0.25, -0.2) is 0 Å². The lowest BCUT2D eigenvalue weighted by molar-refractivity contribution is -0.123. The summed E-state index contributed by atoms with van der Waals surface area (Å²) in [6.45, 7) is 1.56. The third-order valence-electron chi connectivity index (χ3n) is 6.32. The molecule has 0 unspecified atom stereocenters. The Balaban J connectivity index is 1.17. The molecular formula is C27H28N6O5S2. The van der Waals surface area contributed by atoms with Gasteiger partial charge in [0.1, 0.15) is 5.75 Å². The maximum Gasteiger partial charge on any atom is 0.293 e. The average Bonchev–Trinajstić information content (AvgIpc) is 3.70. The van der Waals surface area contributed by atoms with Crippen molar-refractivity contribution in [2.45, 2.75) is 30.6 Å². The standard InChI is InChI=1S/C27H28N6O5S2/c1-37-20-8-6-19(7-9-20)24-30-31-26(33(24)16-21-5-3-13-38-21)39-17-23(34)29-11-12-32-25(35)22(40-27(32)36)14-18-4-2-10-28-15-18/h2,4,6-10,14-15,21H,3,5,11-13,16-17H2,1H3,(H,29,34)/b22-14+/t21-/m0/s1. The zero-order valence-corrected chi connectivity index (χ0v) is 23.5. The molecule has 2 aliphatic rings. The Hall–Kier alpha value is -3.68. The summed E-state index contributed by atoms with van der Waals surface area (Å²) in [5.41, 5.74) is 1.62. The van der Waals surface area contributed by atoms with Crippen LogP contribution in [0.3, 0.4) is 0 Å². The van der Waals surface area contributed by atoms with Crippen LogP contribution in [0, 0.1) is 0 Å². The molecule has 2 aromatic heterocycles. The van der Waals surface area contributed by atoms with Gasteiger partial charge in [-0.15, -0.1) is 10.2 Å². The molecule has 1 aromatic carbocycles. The molecule has 1 atom stereocenters. The molecule has 208 valence electrons. The van der Waals surface area contributed by atoms with Crippen molar-refractivity contribution >= 4 is 46.7 Å². The molecule has 1 N–H and O–H groups in total. The van der Waals surface area contributed by atoms with Crippen molar-refractivity contribution in [3.05, 3.63) is 59.3 Å². The number of nitrogens with one attached hydrogen (secondary N) is 1. The minimum absolute atomic E-state index is 0.0617. The first-order valence-electron chi connectivity index (χ1n) is 12.8. The van der Waals surface area contributed by atoms with Gasteiger partial charge in [0.25, 0.3) is 11.1 Å². The van der Waals surface area contributed by atoms with Gasteiger partial charge in [0.05, 0.1) is 30.4 Å². The molecular weight excluding hydrogens is 552 g/mol. The summed E-state index contributed by atoms with van der Waals surface area (Å²) in [7, 11) is 1.62.